The maximum Gasteiger partial charge on any atom is 0.255 e. The molecule has 1 heterocycles. The third-order valence-corrected chi connectivity index (χ3v) is 3.50. The number of anilines is 2. The van der Waals surface area contributed by atoms with Crippen molar-refractivity contribution in [1.82, 2.24) is 0 Å². The van der Waals surface area contributed by atoms with Gasteiger partial charge in [-0.15, -0.1) is 0 Å². The monoisotopic (exact) mass is 286 g/mol. The van der Waals surface area contributed by atoms with Crippen LogP contribution in [0.25, 0.3) is 0 Å². The summed E-state index contributed by atoms with van der Waals surface area (Å²) in [6.07, 6.45) is 0.960. The SMILES string of the molecule is COc1ccc(F)c(NC(=O)c2ccc3c(c2)NCC3)c1. The summed E-state index contributed by atoms with van der Waals surface area (Å²) in [6, 6.07) is 9.68. The van der Waals surface area contributed by atoms with Gasteiger partial charge in [0.1, 0.15) is 11.6 Å². The van der Waals surface area contributed by atoms with Crippen LogP contribution in [0.4, 0.5) is 15.8 Å². The highest BCUT2D eigenvalue weighted by Crippen LogP contribution is 2.25. The summed E-state index contributed by atoms with van der Waals surface area (Å²) in [7, 11) is 1.49. The fraction of sp³-hybridized carbons (Fsp3) is 0.188. The first-order valence-electron chi connectivity index (χ1n) is 6.69. The highest BCUT2D eigenvalue weighted by molar-refractivity contribution is 6.05. The van der Waals surface area contributed by atoms with E-state index in [0.717, 1.165) is 18.7 Å². The van der Waals surface area contributed by atoms with Crippen molar-refractivity contribution in [2.75, 3.05) is 24.3 Å². The molecule has 0 radical (unpaired) electrons. The van der Waals surface area contributed by atoms with Gasteiger partial charge in [-0.1, -0.05) is 6.07 Å². The molecule has 3 rings (SSSR count). The van der Waals surface area contributed by atoms with Gasteiger partial charge in [-0.2, -0.15) is 0 Å². The van der Waals surface area contributed by atoms with Crippen molar-refractivity contribution in [3.05, 3.63) is 53.3 Å². The standard InChI is InChI=1S/C16H15FN2O2/c1-21-12-4-5-13(17)15(9-12)19-16(20)11-3-2-10-6-7-18-14(10)8-11/h2-5,8-9,18H,6-7H2,1H3,(H,19,20). The molecular weight excluding hydrogens is 271 g/mol. The number of hydrogen-bond donors (Lipinski definition) is 2. The molecule has 0 bridgehead atoms. The summed E-state index contributed by atoms with van der Waals surface area (Å²) < 4.78 is 18.7. The summed E-state index contributed by atoms with van der Waals surface area (Å²) in [4.78, 5) is 12.2. The van der Waals surface area contributed by atoms with Gasteiger partial charge in [0.15, 0.2) is 0 Å². The molecule has 1 aliphatic heterocycles. The van der Waals surface area contributed by atoms with Crippen LogP contribution in [0.15, 0.2) is 36.4 Å². The molecule has 21 heavy (non-hydrogen) atoms. The number of benzene rings is 2. The number of ether oxygens (including phenoxy) is 1. The van der Waals surface area contributed by atoms with Crippen molar-refractivity contribution < 1.29 is 13.9 Å². The highest BCUT2D eigenvalue weighted by Gasteiger charge is 2.15. The van der Waals surface area contributed by atoms with Crippen molar-refractivity contribution in [3.8, 4) is 5.75 Å². The minimum atomic E-state index is -0.497. The van der Waals surface area contributed by atoms with Crippen LogP contribution in [0.2, 0.25) is 0 Å². The van der Waals surface area contributed by atoms with Crippen LogP contribution in [0.3, 0.4) is 0 Å². The van der Waals surface area contributed by atoms with E-state index in [1.165, 1.54) is 30.9 Å². The Morgan fingerprint density at radius 3 is 2.95 bits per heavy atom. The third kappa shape index (κ3) is 2.67. The predicted molar refractivity (Wildman–Crippen MR) is 79.5 cm³/mol. The molecule has 2 aromatic carbocycles. The first-order valence-corrected chi connectivity index (χ1v) is 6.69. The Bertz CT molecular complexity index is 701. The first kappa shape index (κ1) is 13.4. The Balaban J connectivity index is 1.83. The summed E-state index contributed by atoms with van der Waals surface area (Å²) in [5.41, 5.74) is 2.76. The normalized spacial score (nSPS) is 12.5. The molecule has 1 aliphatic rings. The fourth-order valence-corrected chi connectivity index (χ4v) is 2.35. The smallest absolute Gasteiger partial charge is 0.255 e. The third-order valence-electron chi connectivity index (χ3n) is 3.50. The van der Waals surface area contributed by atoms with Crippen LogP contribution in [-0.2, 0) is 6.42 Å². The molecule has 0 atom stereocenters. The summed E-state index contributed by atoms with van der Waals surface area (Å²) >= 11 is 0. The average Bonchev–Trinajstić information content (AvgIpc) is 2.96. The Kier molecular flexibility index (Phi) is 3.48. The molecular formula is C16H15FN2O2. The van der Waals surface area contributed by atoms with E-state index in [9.17, 15) is 9.18 Å². The molecule has 0 saturated heterocycles. The largest absolute Gasteiger partial charge is 0.497 e. The number of nitrogens with one attached hydrogen (secondary N) is 2. The summed E-state index contributed by atoms with van der Waals surface area (Å²) in [6.45, 7) is 0.880. The van der Waals surface area contributed by atoms with E-state index in [1.807, 2.05) is 6.07 Å². The van der Waals surface area contributed by atoms with Crippen molar-refractivity contribution in [2.24, 2.45) is 0 Å². The van der Waals surface area contributed by atoms with Gasteiger partial charge in [-0.05, 0) is 36.2 Å². The molecule has 5 heteroatoms. The maximum atomic E-state index is 13.7. The van der Waals surface area contributed by atoms with Crippen molar-refractivity contribution in [3.63, 3.8) is 0 Å². The zero-order chi connectivity index (χ0) is 14.8. The van der Waals surface area contributed by atoms with E-state index >= 15 is 0 Å². The van der Waals surface area contributed by atoms with Gasteiger partial charge in [0.05, 0.1) is 12.8 Å². The van der Waals surface area contributed by atoms with Gasteiger partial charge in [0, 0.05) is 23.9 Å². The Morgan fingerprint density at radius 1 is 1.29 bits per heavy atom. The van der Waals surface area contributed by atoms with Gasteiger partial charge >= 0.3 is 0 Å². The molecule has 4 nitrogen and oxygen atoms in total. The number of carbonyl (C=O) groups excluding carboxylic acids is 1. The van der Waals surface area contributed by atoms with E-state index in [4.69, 9.17) is 4.74 Å². The number of amides is 1. The van der Waals surface area contributed by atoms with E-state index in [2.05, 4.69) is 10.6 Å². The minimum absolute atomic E-state index is 0.104. The van der Waals surface area contributed by atoms with Crippen molar-refractivity contribution >= 4 is 17.3 Å². The summed E-state index contributed by atoms with van der Waals surface area (Å²) in [5, 5.41) is 5.79. The topological polar surface area (TPSA) is 50.4 Å². The van der Waals surface area contributed by atoms with E-state index < -0.39 is 5.82 Å². The zero-order valence-electron chi connectivity index (χ0n) is 11.6. The van der Waals surface area contributed by atoms with Crippen molar-refractivity contribution in [1.29, 1.82) is 0 Å². The van der Waals surface area contributed by atoms with E-state index in [0.29, 0.717) is 11.3 Å². The lowest BCUT2D eigenvalue weighted by molar-refractivity contribution is 0.102. The quantitative estimate of drug-likeness (QED) is 0.911. The second-order valence-corrected chi connectivity index (χ2v) is 4.85. The van der Waals surface area contributed by atoms with Crippen LogP contribution in [0.5, 0.6) is 5.75 Å². The van der Waals surface area contributed by atoms with Crippen LogP contribution >= 0.6 is 0 Å². The van der Waals surface area contributed by atoms with Crippen molar-refractivity contribution in [2.45, 2.75) is 6.42 Å². The number of halogens is 1. The molecule has 2 aromatic rings. The summed E-state index contributed by atoms with van der Waals surface area (Å²) in [5.74, 6) is -0.357. The van der Waals surface area contributed by atoms with Crippen LogP contribution in [0, 0.1) is 5.82 Å². The van der Waals surface area contributed by atoms with Gasteiger partial charge in [-0.3, -0.25) is 4.79 Å². The average molecular weight is 286 g/mol. The van der Waals surface area contributed by atoms with Gasteiger partial charge in [0.25, 0.3) is 5.91 Å². The Morgan fingerprint density at radius 2 is 2.14 bits per heavy atom. The molecule has 0 unspecified atom stereocenters. The lowest BCUT2D eigenvalue weighted by Gasteiger charge is -2.09. The number of hydrogen-bond acceptors (Lipinski definition) is 3. The lowest BCUT2D eigenvalue weighted by Crippen LogP contribution is -2.13. The number of fused-ring (bicyclic) bond motifs is 1. The van der Waals surface area contributed by atoms with Gasteiger partial charge in [0.2, 0.25) is 0 Å². The van der Waals surface area contributed by atoms with Crippen LogP contribution in [-0.4, -0.2) is 19.6 Å². The number of rotatable bonds is 3. The highest BCUT2D eigenvalue weighted by atomic mass is 19.1. The second kappa shape index (κ2) is 5.44. The van der Waals surface area contributed by atoms with Gasteiger partial charge < -0.3 is 15.4 Å². The molecule has 0 spiro atoms. The molecule has 0 fully saturated rings. The lowest BCUT2D eigenvalue weighted by atomic mass is 10.1. The number of carbonyl (C=O) groups is 1. The Labute approximate surface area is 121 Å². The molecule has 0 saturated carbocycles. The predicted octanol–water partition coefficient (Wildman–Crippen LogP) is 3.05. The van der Waals surface area contributed by atoms with E-state index in [-0.39, 0.29) is 11.6 Å². The molecule has 0 aliphatic carbocycles. The van der Waals surface area contributed by atoms with Crippen LogP contribution < -0.4 is 15.4 Å². The second-order valence-electron chi connectivity index (χ2n) is 4.85. The molecule has 2 N–H and O–H groups in total. The number of methoxy groups -OCH3 is 1. The Hall–Kier alpha value is -2.56. The minimum Gasteiger partial charge on any atom is -0.497 e. The molecule has 108 valence electrons. The maximum absolute atomic E-state index is 13.7. The van der Waals surface area contributed by atoms with Crippen LogP contribution in [0.1, 0.15) is 15.9 Å². The molecule has 1 amide bonds. The fourth-order valence-electron chi connectivity index (χ4n) is 2.35. The first-order chi connectivity index (χ1) is 10.2. The molecule has 0 aromatic heterocycles. The zero-order valence-corrected chi connectivity index (χ0v) is 11.6. The van der Waals surface area contributed by atoms with E-state index in [1.54, 1.807) is 12.1 Å². The van der Waals surface area contributed by atoms with Gasteiger partial charge in [-0.25, -0.2) is 4.39 Å².